The average Bonchev–Trinajstić information content (AvgIpc) is 2.79. The molecule has 0 aliphatic carbocycles. The van der Waals surface area contributed by atoms with Crippen molar-refractivity contribution in [1.29, 1.82) is 5.26 Å². The van der Waals surface area contributed by atoms with Crippen LogP contribution >= 0.6 is 23.2 Å². The number of benzene rings is 2. The number of nitriles is 1. The number of nitrogens with one attached hydrogen (secondary N) is 1. The third-order valence-corrected chi connectivity index (χ3v) is 5.43. The highest BCUT2D eigenvalue weighted by Gasteiger charge is 2.19. The number of amides is 1. The largest absolute Gasteiger partial charge is 0.378 e. The number of aromatic nitrogens is 1. The van der Waals surface area contributed by atoms with E-state index in [1.807, 2.05) is 36.4 Å². The first-order valence-electron chi connectivity index (χ1n) is 9.66. The van der Waals surface area contributed by atoms with E-state index in [1.54, 1.807) is 18.2 Å². The first-order valence-corrected chi connectivity index (χ1v) is 10.4. The molecule has 31 heavy (non-hydrogen) atoms. The minimum atomic E-state index is -0.562. The van der Waals surface area contributed by atoms with E-state index in [9.17, 15) is 10.1 Å². The molecule has 1 saturated heterocycles. The Labute approximate surface area is 189 Å². The Morgan fingerprint density at radius 3 is 2.68 bits per heavy atom. The second-order valence-electron chi connectivity index (χ2n) is 6.94. The van der Waals surface area contributed by atoms with Gasteiger partial charge in [-0.1, -0.05) is 41.4 Å². The number of morpholine rings is 1. The second kappa shape index (κ2) is 9.36. The molecule has 1 amide bonds. The van der Waals surface area contributed by atoms with Gasteiger partial charge in [-0.15, -0.1) is 0 Å². The van der Waals surface area contributed by atoms with Gasteiger partial charge in [0.15, 0.2) is 0 Å². The van der Waals surface area contributed by atoms with Crippen LogP contribution in [-0.2, 0) is 9.53 Å². The fourth-order valence-electron chi connectivity index (χ4n) is 3.34. The molecule has 3 aromatic rings. The molecule has 0 radical (unpaired) electrons. The Morgan fingerprint density at radius 2 is 1.94 bits per heavy atom. The van der Waals surface area contributed by atoms with E-state index in [1.165, 1.54) is 6.07 Å². The van der Waals surface area contributed by atoms with Crippen molar-refractivity contribution in [3.63, 3.8) is 0 Å². The van der Waals surface area contributed by atoms with E-state index >= 15 is 0 Å². The number of carbonyl (C=O) groups is 1. The molecule has 0 atom stereocenters. The summed E-state index contributed by atoms with van der Waals surface area (Å²) in [5.74, 6) is 0.153. The van der Waals surface area contributed by atoms with Crippen LogP contribution in [0, 0.1) is 11.3 Å². The fourth-order valence-corrected chi connectivity index (χ4v) is 3.80. The Balaban J connectivity index is 1.72. The summed E-state index contributed by atoms with van der Waals surface area (Å²) in [7, 11) is 0. The molecule has 6 nitrogen and oxygen atoms in total. The zero-order valence-corrected chi connectivity index (χ0v) is 18.0. The molecule has 1 N–H and O–H groups in total. The van der Waals surface area contributed by atoms with Gasteiger partial charge in [0.05, 0.1) is 29.4 Å². The number of rotatable bonds is 4. The van der Waals surface area contributed by atoms with E-state index in [0.717, 1.165) is 10.9 Å². The summed E-state index contributed by atoms with van der Waals surface area (Å²) in [5, 5.41) is 14.0. The molecule has 0 spiro atoms. The van der Waals surface area contributed by atoms with Crippen LogP contribution in [-0.4, -0.2) is 37.2 Å². The smallest absolute Gasteiger partial charge is 0.266 e. The molecule has 0 saturated carbocycles. The van der Waals surface area contributed by atoms with Crippen molar-refractivity contribution in [2.75, 3.05) is 36.5 Å². The van der Waals surface area contributed by atoms with Crippen molar-refractivity contribution in [1.82, 2.24) is 4.98 Å². The van der Waals surface area contributed by atoms with Crippen LogP contribution < -0.4 is 10.2 Å². The Hall–Kier alpha value is -3.11. The van der Waals surface area contributed by atoms with E-state index in [4.69, 9.17) is 32.9 Å². The summed E-state index contributed by atoms with van der Waals surface area (Å²) in [6.45, 7) is 2.55. The molecular formula is C23H18Cl2N4O2. The predicted molar refractivity (Wildman–Crippen MR) is 123 cm³/mol. The summed E-state index contributed by atoms with van der Waals surface area (Å²) < 4.78 is 5.45. The normalized spacial score (nSPS) is 14.4. The Morgan fingerprint density at radius 1 is 1.16 bits per heavy atom. The second-order valence-corrected chi connectivity index (χ2v) is 7.79. The third kappa shape index (κ3) is 4.80. The number of carbonyl (C=O) groups excluding carboxylic acids is 1. The van der Waals surface area contributed by atoms with Gasteiger partial charge in [-0.05, 0) is 36.4 Å². The number of hydrogen-bond donors (Lipinski definition) is 1. The fraction of sp³-hybridized carbons (Fsp3) is 0.174. The maximum atomic E-state index is 12.8. The third-order valence-electron chi connectivity index (χ3n) is 4.89. The van der Waals surface area contributed by atoms with Crippen molar-refractivity contribution >= 4 is 57.6 Å². The number of halogens is 2. The molecule has 8 heteroatoms. The number of fused-ring (bicyclic) bond motifs is 1. The minimum absolute atomic E-state index is 0.0578. The van der Waals surface area contributed by atoms with Gasteiger partial charge in [-0.25, -0.2) is 4.98 Å². The van der Waals surface area contributed by atoms with Crippen LogP contribution in [0.4, 0.5) is 11.5 Å². The molecule has 1 fully saturated rings. The number of hydrogen-bond acceptors (Lipinski definition) is 5. The van der Waals surface area contributed by atoms with Crippen molar-refractivity contribution in [2.45, 2.75) is 0 Å². The number of ether oxygens (including phenoxy) is 1. The van der Waals surface area contributed by atoms with Gasteiger partial charge in [0.25, 0.3) is 5.91 Å². The van der Waals surface area contributed by atoms with Gasteiger partial charge >= 0.3 is 0 Å². The van der Waals surface area contributed by atoms with Crippen LogP contribution in [0.3, 0.4) is 0 Å². The number of para-hydroxylation sites is 1. The lowest BCUT2D eigenvalue weighted by atomic mass is 10.1. The van der Waals surface area contributed by atoms with Crippen molar-refractivity contribution in [3.05, 3.63) is 69.7 Å². The molecule has 1 aliphatic rings. The van der Waals surface area contributed by atoms with Crippen molar-refractivity contribution < 1.29 is 9.53 Å². The van der Waals surface area contributed by atoms with E-state index in [-0.39, 0.29) is 5.57 Å². The van der Waals surface area contributed by atoms with E-state index < -0.39 is 5.91 Å². The average molecular weight is 453 g/mol. The summed E-state index contributed by atoms with van der Waals surface area (Å²) in [6.07, 6.45) is 1.56. The molecule has 2 aromatic carbocycles. The predicted octanol–water partition coefficient (Wildman–Crippen LogP) is 4.92. The zero-order chi connectivity index (χ0) is 21.8. The number of nitrogens with zero attached hydrogens (tertiary/aromatic N) is 3. The quantitative estimate of drug-likeness (QED) is 0.448. The molecular weight excluding hydrogens is 435 g/mol. The van der Waals surface area contributed by atoms with Crippen molar-refractivity contribution in [2.24, 2.45) is 0 Å². The first-order chi connectivity index (χ1) is 15.0. The summed E-state index contributed by atoms with van der Waals surface area (Å²) in [4.78, 5) is 19.7. The van der Waals surface area contributed by atoms with Crippen molar-refractivity contribution in [3.8, 4) is 6.07 Å². The van der Waals surface area contributed by atoms with Gasteiger partial charge in [-0.2, -0.15) is 5.26 Å². The van der Waals surface area contributed by atoms with Gasteiger partial charge in [0, 0.05) is 29.1 Å². The maximum absolute atomic E-state index is 12.8. The SMILES string of the molecule is N#C/C(=C\c1cc2ccccc2nc1N1CCOCC1)C(=O)Nc1ccc(Cl)cc1Cl. The monoisotopic (exact) mass is 452 g/mol. The maximum Gasteiger partial charge on any atom is 0.266 e. The van der Waals surface area contributed by atoms with Crippen LogP contribution in [0.1, 0.15) is 5.56 Å². The summed E-state index contributed by atoms with van der Waals surface area (Å²) >= 11 is 12.1. The molecule has 4 rings (SSSR count). The van der Waals surface area contributed by atoms with Crippen LogP contribution in [0.25, 0.3) is 17.0 Å². The lowest BCUT2D eigenvalue weighted by Crippen LogP contribution is -2.37. The van der Waals surface area contributed by atoms with E-state index in [0.29, 0.717) is 53.4 Å². The van der Waals surface area contributed by atoms with Crippen LogP contribution in [0.2, 0.25) is 10.0 Å². The first kappa shape index (κ1) is 21.1. The van der Waals surface area contributed by atoms with Gasteiger partial charge < -0.3 is 15.0 Å². The number of anilines is 2. The molecule has 2 heterocycles. The highest BCUT2D eigenvalue weighted by molar-refractivity contribution is 6.37. The molecule has 1 aliphatic heterocycles. The molecule has 0 unspecified atom stereocenters. The molecule has 156 valence electrons. The topological polar surface area (TPSA) is 78.2 Å². The minimum Gasteiger partial charge on any atom is -0.378 e. The van der Waals surface area contributed by atoms with Crippen LogP contribution in [0.15, 0.2) is 54.1 Å². The highest BCUT2D eigenvalue weighted by Crippen LogP contribution is 2.28. The van der Waals surface area contributed by atoms with Gasteiger partial charge in [0.1, 0.15) is 17.5 Å². The van der Waals surface area contributed by atoms with Gasteiger partial charge in [0.2, 0.25) is 0 Å². The highest BCUT2D eigenvalue weighted by atomic mass is 35.5. The Bertz CT molecular complexity index is 1210. The summed E-state index contributed by atoms with van der Waals surface area (Å²) in [6, 6.07) is 16.4. The standard InChI is InChI=1S/C23H18Cl2N4O2/c24-18-5-6-21(19(25)13-18)28-23(30)17(14-26)12-16-11-15-3-1-2-4-20(15)27-22(16)29-7-9-31-10-8-29/h1-6,11-13H,7-10H2,(H,28,30)/b17-12+. The summed E-state index contributed by atoms with van der Waals surface area (Å²) in [5.41, 5.74) is 1.85. The van der Waals surface area contributed by atoms with Crippen LogP contribution in [0.5, 0.6) is 0 Å². The molecule has 0 bridgehead atoms. The van der Waals surface area contributed by atoms with Gasteiger partial charge in [-0.3, -0.25) is 4.79 Å². The Kier molecular flexibility index (Phi) is 6.38. The lowest BCUT2D eigenvalue weighted by molar-refractivity contribution is -0.112. The van der Waals surface area contributed by atoms with E-state index in [2.05, 4.69) is 10.2 Å². The lowest BCUT2D eigenvalue weighted by Gasteiger charge is -2.29. The number of pyridine rings is 1. The zero-order valence-electron chi connectivity index (χ0n) is 16.4. The molecule has 1 aromatic heterocycles.